The van der Waals surface area contributed by atoms with Gasteiger partial charge in [-0.2, -0.15) is 0 Å². The molecule has 5 nitrogen and oxygen atoms in total. The van der Waals surface area contributed by atoms with Crippen molar-refractivity contribution in [3.05, 3.63) is 29.8 Å². The number of thioether (sulfide) groups is 1. The van der Waals surface area contributed by atoms with E-state index >= 15 is 0 Å². The van der Waals surface area contributed by atoms with E-state index in [1.807, 2.05) is 31.2 Å². The monoisotopic (exact) mass is 295 g/mol. The summed E-state index contributed by atoms with van der Waals surface area (Å²) < 4.78 is 5.57. The second-order valence-corrected chi connectivity index (χ2v) is 5.55. The number of rotatable bonds is 4. The van der Waals surface area contributed by atoms with Crippen LogP contribution in [0.1, 0.15) is 24.8 Å². The maximum absolute atomic E-state index is 11.8. The van der Waals surface area contributed by atoms with E-state index in [0.29, 0.717) is 18.1 Å². The molecule has 108 valence electrons. The number of nitrogens with zero attached hydrogens (tertiary/aromatic N) is 1. The molecule has 0 aromatic heterocycles. The summed E-state index contributed by atoms with van der Waals surface area (Å²) >= 11 is 1.45. The minimum Gasteiger partial charge on any atom is -0.493 e. The molecule has 1 heterocycles. The molecule has 1 aromatic carbocycles. The standard InChI is InChI=1S/C14H17NO4S/c1-3-19-12-7-5-4-6-10(12)13-15(9(2)16)11(8-20-13)14(17)18/h4-7,11,13H,3,8H2,1-2H3,(H,17,18)/t11-,13-/m1/s1. The SMILES string of the molecule is CCOc1ccccc1[C@H]1SC[C@H](C(=O)O)N1C(C)=O. The first kappa shape index (κ1) is 14.7. The van der Waals surface area contributed by atoms with Gasteiger partial charge in [0, 0.05) is 18.2 Å². The Morgan fingerprint density at radius 1 is 1.45 bits per heavy atom. The van der Waals surface area contributed by atoms with Gasteiger partial charge in [0.25, 0.3) is 0 Å². The normalized spacial score (nSPS) is 21.8. The average Bonchev–Trinajstić information content (AvgIpc) is 2.84. The lowest BCUT2D eigenvalue weighted by molar-refractivity contribution is -0.148. The molecule has 2 rings (SSSR count). The van der Waals surface area contributed by atoms with E-state index in [-0.39, 0.29) is 11.3 Å². The minimum atomic E-state index is -0.968. The highest BCUT2D eigenvalue weighted by atomic mass is 32.2. The summed E-state index contributed by atoms with van der Waals surface area (Å²) in [5, 5.41) is 8.92. The fraction of sp³-hybridized carbons (Fsp3) is 0.429. The van der Waals surface area contributed by atoms with E-state index < -0.39 is 12.0 Å². The van der Waals surface area contributed by atoms with Crippen LogP contribution in [0.15, 0.2) is 24.3 Å². The molecule has 0 radical (unpaired) electrons. The smallest absolute Gasteiger partial charge is 0.327 e. The third-order valence-corrected chi connectivity index (χ3v) is 4.44. The van der Waals surface area contributed by atoms with Crippen molar-refractivity contribution in [2.75, 3.05) is 12.4 Å². The molecular weight excluding hydrogens is 278 g/mol. The van der Waals surface area contributed by atoms with Gasteiger partial charge in [0.05, 0.1) is 6.61 Å². The van der Waals surface area contributed by atoms with Gasteiger partial charge in [0.1, 0.15) is 17.2 Å². The molecule has 1 amide bonds. The molecule has 0 spiro atoms. The highest BCUT2D eigenvalue weighted by Gasteiger charge is 2.41. The van der Waals surface area contributed by atoms with Crippen LogP contribution >= 0.6 is 11.8 Å². The van der Waals surface area contributed by atoms with E-state index in [1.54, 1.807) is 0 Å². The molecule has 1 aromatic rings. The zero-order valence-electron chi connectivity index (χ0n) is 11.4. The first-order valence-corrected chi connectivity index (χ1v) is 7.46. The van der Waals surface area contributed by atoms with Crippen molar-refractivity contribution >= 4 is 23.6 Å². The van der Waals surface area contributed by atoms with Crippen molar-refractivity contribution in [2.24, 2.45) is 0 Å². The summed E-state index contributed by atoms with van der Waals surface area (Å²) in [6.07, 6.45) is 0. The Morgan fingerprint density at radius 3 is 2.75 bits per heavy atom. The van der Waals surface area contributed by atoms with Gasteiger partial charge >= 0.3 is 5.97 Å². The zero-order valence-corrected chi connectivity index (χ0v) is 12.2. The lowest BCUT2D eigenvalue weighted by atomic mass is 10.1. The van der Waals surface area contributed by atoms with Crippen LogP contribution in [-0.4, -0.2) is 40.3 Å². The lowest BCUT2D eigenvalue weighted by Crippen LogP contribution is -2.41. The molecule has 1 saturated heterocycles. The minimum absolute atomic E-state index is 0.237. The Labute approximate surface area is 121 Å². The van der Waals surface area contributed by atoms with Crippen LogP contribution in [-0.2, 0) is 9.59 Å². The Kier molecular flexibility index (Phi) is 4.54. The van der Waals surface area contributed by atoms with Gasteiger partial charge < -0.3 is 14.7 Å². The molecule has 20 heavy (non-hydrogen) atoms. The van der Waals surface area contributed by atoms with Crippen LogP contribution in [0, 0.1) is 0 Å². The third-order valence-electron chi connectivity index (χ3n) is 3.13. The lowest BCUT2D eigenvalue weighted by Gasteiger charge is -2.27. The van der Waals surface area contributed by atoms with Crippen LogP contribution in [0.3, 0.4) is 0 Å². The predicted octanol–water partition coefficient (Wildman–Crippen LogP) is 2.13. The van der Waals surface area contributed by atoms with Gasteiger partial charge in [-0.3, -0.25) is 4.79 Å². The van der Waals surface area contributed by atoms with Crippen molar-refractivity contribution in [3.8, 4) is 5.75 Å². The summed E-state index contributed by atoms with van der Waals surface area (Å²) in [6, 6.07) is 6.66. The van der Waals surface area contributed by atoms with Crippen molar-refractivity contribution in [3.63, 3.8) is 0 Å². The topological polar surface area (TPSA) is 66.8 Å². The molecule has 0 saturated carbocycles. The third kappa shape index (κ3) is 2.75. The number of carbonyl (C=O) groups is 2. The predicted molar refractivity (Wildman–Crippen MR) is 76.8 cm³/mol. The van der Waals surface area contributed by atoms with Crippen LogP contribution in [0.4, 0.5) is 0 Å². The summed E-state index contributed by atoms with van der Waals surface area (Å²) in [4.78, 5) is 24.5. The first-order chi connectivity index (χ1) is 9.56. The van der Waals surface area contributed by atoms with Crippen molar-refractivity contribution in [1.29, 1.82) is 0 Å². The molecular formula is C14H17NO4S. The molecule has 1 fully saturated rings. The number of hydrogen-bond donors (Lipinski definition) is 1. The van der Waals surface area contributed by atoms with E-state index in [1.165, 1.54) is 23.6 Å². The zero-order chi connectivity index (χ0) is 14.7. The fourth-order valence-electron chi connectivity index (χ4n) is 2.29. The molecule has 0 bridgehead atoms. The van der Waals surface area contributed by atoms with Crippen LogP contribution < -0.4 is 4.74 Å². The number of carboxylic acid groups (broad SMARTS) is 1. The van der Waals surface area contributed by atoms with Crippen molar-refractivity contribution in [2.45, 2.75) is 25.3 Å². The number of amides is 1. The van der Waals surface area contributed by atoms with Crippen molar-refractivity contribution in [1.82, 2.24) is 4.90 Å². The van der Waals surface area contributed by atoms with Gasteiger partial charge in [0.15, 0.2) is 0 Å². The van der Waals surface area contributed by atoms with Gasteiger partial charge in [-0.05, 0) is 13.0 Å². The van der Waals surface area contributed by atoms with Crippen LogP contribution in [0.2, 0.25) is 0 Å². The summed E-state index contributed by atoms with van der Waals surface area (Å²) in [7, 11) is 0. The van der Waals surface area contributed by atoms with E-state index in [9.17, 15) is 14.7 Å². The Hall–Kier alpha value is -1.69. The van der Waals surface area contributed by atoms with E-state index in [0.717, 1.165) is 5.56 Å². The van der Waals surface area contributed by atoms with Gasteiger partial charge in [-0.15, -0.1) is 11.8 Å². The number of benzene rings is 1. The average molecular weight is 295 g/mol. The first-order valence-electron chi connectivity index (χ1n) is 6.41. The number of ether oxygens (including phenoxy) is 1. The van der Waals surface area contributed by atoms with E-state index in [2.05, 4.69) is 0 Å². The molecule has 2 atom stereocenters. The molecule has 1 aliphatic rings. The van der Waals surface area contributed by atoms with Gasteiger partial charge in [-0.25, -0.2) is 4.79 Å². The summed E-state index contributed by atoms with van der Waals surface area (Å²) in [5.74, 6) is -0.118. The summed E-state index contributed by atoms with van der Waals surface area (Å²) in [5.41, 5.74) is 0.846. The second-order valence-electron chi connectivity index (χ2n) is 4.44. The highest BCUT2D eigenvalue weighted by Crippen LogP contribution is 2.44. The highest BCUT2D eigenvalue weighted by molar-refractivity contribution is 7.99. The van der Waals surface area contributed by atoms with Crippen LogP contribution in [0.5, 0.6) is 5.75 Å². The second kappa shape index (κ2) is 6.17. The maximum Gasteiger partial charge on any atom is 0.327 e. The molecule has 0 unspecified atom stereocenters. The molecule has 6 heteroatoms. The molecule has 1 N–H and O–H groups in total. The van der Waals surface area contributed by atoms with Gasteiger partial charge in [-0.1, -0.05) is 18.2 Å². The van der Waals surface area contributed by atoms with E-state index in [4.69, 9.17) is 4.74 Å². The fourth-order valence-corrected chi connectivity index (χ4v) is 3.79. The van der Waals surface area contributed by atoms with Crippen LogP contribution in [0.25, 0.3) is 0 Å². The Balaban J connectivity index is 2.37. The molecule has 0 aliphatic carbocycles. The number of hydrogen-bond acceptors (Lipinski definition) is 4. The number of carboxylic acids is 1. The largest absolute Gasteiger partial charge is 0.493 e. The Morgan fingerprint density at radius 2 is 2.15 bits per heavy atom. The Bertz CT molecular complexity index is 520. The molecule has 1 aliphatic heterocycles. The van der Waals surface area contributed by atoms with Gasteiger partial charge in [0.2, 0.25) is 5.91 Å². The maximum atomic E-state index is 11.8. The summed E-state index contributed by atoms with van der Waals surface area (Å²) in [6.45, 7) is 3.82. The number of carbonyl (C=O) groups excluding carboxylic acids is 1. The number of para-hydroxylation sites is 1. The number of aliphatic carboxylic acids is 1. The van der Waals surface area contributed by atoms with Crippen molar-refractivity contribution < 1.29 is 19.4 Å². The quantitative estimate of drug-likeness (QED) is 0.921.